The summed E-state index contributed by atoms with van der Waals surface area (Å²) < 4.78 is 0. The van der Waals surface area contributed by atoms with Gasteiger partial charge in [-0.2, -0.15) is 5.26 Å². The van der Waals surface area contributed by atoms with E-state index in [-0.39, 0.29) is 11.9 Å². The molecule has 2 heterocycles. The van der Waals surface area contributed by atoms with Gasteiger partial charge in [-0.05, 0) is 50.3 Å². The highest BCUT2D eigenvalue weighted by molar-refractivity contribution is 7.09. The number of carbonyl (C=O) groups excluding carboxylic acids is 1. The molecule has 5 heteroatoms. The quantitative estimate of drug-likeness (QED) is 0.845. The predicted octanol–water partition coefficient (Wildman–Crippen LogP) is 4.01. The molecule has 0 N–H and O–H groups in total. The van der Waals surface area contributed by atoms with Gasteiger partial charge in [-0.25, -0.2) is 4.98 Å². The lowest BCUT2D eigenvalue weighted by Gasteiger charge is -2.34. The first-order chi connectivity index (χ1) is 11.7. The maximum atomic E-state index is 12.7. The van der Waals surface area contributed by atoms with Crippen molar-refractivity contribution in [2.24, 2.45) is 0 Å². The first kappa shape index (κ1) is 16.7. The van der Waals surface area contributed by atoms with Crippen molar-refractivity contribution in [1.82, 2.24) is 9.88 Å². The Bertz CT molecular complexity index is 745. The number of carbonyl (C=O) groups is 1. The molecule has 1 atom stereocenters. The number of piperidine rings is 1. The minimum Gasteiger partial charge on any atom is -0.333 e. The Morgan fingerprint density at radius 3 is 2.83 bits per heavy atom. The van der Waals surface area contributed by atoms with Gasteiger partial charge in [0.1, 0.15) is 5.01 Å². The Hall–Kier alpha value is -2.19. The van der Waals surface area contributed by atoms with Crippen molar-refractivity contribution in [1.29, 1.82) is 5.26 Å². The number of aromatic nitrogens is 1. The smallest absolute Gasteiger partial charge is 0.223 e. The number of aryl methyl sites for hydroxylation is 2. The standard InChI is InChI=1S/C19H21N3OS/c1-14-13-24-19(21-14)17-4-2-3-11-22(17)18(23)10-9-15-5-7-16(12-20)8-6-15/h5-8,13,17H,2-4,9-11H2,1H3/t17-/m0/s1. The lowest BCUT2D eigenvalue weighted by molar-refractivity contribution is -0.135. The van der Waals surface area contributed by atoms with Gasteiger partial charge in [-0.3, -0.25) is 4.79 Å². The summed E-state index contributed by atoms with van der Waals surface area (Å²) in [6, 6.07) is 9.74. The first-order valence-corrected chi connectivity index (χ1v) is 9.26. The van der Waals surface area contributed by atoms with Gasteiger partial charge in [-0.1, -0.05) is 12.1 Å². The average Bonchev–Trinajstić information content (AvgIpc) is 3.06. The van der Waals surface area contributed by atoms with Crippen LogP contribution in [0.1, 0.15) is 53.6 Å². The van der Waals surface area contributed by atoms with E-state index in [1.165, 1.54) is 0 Å². The highest BCUT2D eigenvalue weighted by atomic mass is 32.1. The van der Waals surface area contributed by atoms with E-state index in [4.69, 9.17) is 5.26 Å². The largest absolute Gasteiger partial charge is 0.333 e. The van der Waals surface area contributed by atoms with Gasteiger partial charge in [-0.15, -0.1) is 11.3 Å². The van der Waals surface area contributed by atoms with E-state index in [0.29, 0.717) is 18.4 Å². The number of likely N-dealkylation sites (tertiary alicyclic amines) is 1. The van der Waals surface area contributed by atoms with Crippen molar-refractivity contribution < 1.29 is 4.79 Å². The third-order valence-corrected chi connectivity index (χ3v) is 5.52. The molecular formula is C19H21N3OS. The van der Waals surface area contributed by atoms with E-state index >= 15 is 0 Å². The minimum absolute atomic E-state index is 0.144. The van der Waals surface area contributed by atoms with Gasteiger partial charge in [0.15, 0.2) is 0 Å². The van der Waals surface area contributed by atoms with Crippen molar-refractivity contribution in [3.8, 4) is 6.07 Å². The maximum Gasteiger partial charge on any atom is 0.223 e. The van der Waals surface area contributed by atoms with Crippen molar-refractivity contribution in [2.75, 3.05) is 6.54 Å². The molecule has 1 aliphatic rings. The number of thiazole rings is 1. The van der Waals surface area contributed by atoms with Crippen molar-refractivity contribution in [2.45, 2.75) is 45.1 Å². The Labute approximate surface area is 146 Å². The molecule has 1 amide bonds. The molecule has 124 valence electrons. The number of hydrogen-bond acceptors (Lipinski definition) is 4. The molecule has 2 aromatic rings. The fourth-order valence-electron chi connectivity index (χ4n) is 3.15. The lowest BCUT2D eigenvalue weighted by Crippen LogP contribution is -2.38. The molecule has 1 aliphatic heterocycles. The molecule has 1 saturated heterocycles. The molecule has 0 spiro atoms. The van der Waals surface area contributed by atoms with Crippen LogP contribution in [0.15, 0.2) is 29.6 Å². The first-order valence-electron chi connectivity index (χ1n) is 8.38. The molecule has 0 radical (unpaired) electrons. The molecule has 0 unspecified atom stereocenters. The number of amides is 1. The summed E-state index contributed by atoms with van der Waals surface area (Å²) in [6.07, 6.45) is 4.46. The predicted molar refractivity (Wildman–Crippen MR) is 94.6 cm³/mol. The molecule has 0 saturated carbocycles. The summed E-state index contributed by atoms with van der Waals surface area (Å²) in [6.45, 7) is 2.83. The third-order valence-electron chi connectivity index (χ3n) is 4.46. The van der Waals surface area contributed by atoms with Crippen LogP contribution in [0.4, 0.5) is 0 Å². The molecule has 24 heavy (non-hydrogen) atoms. The number of benzene rings is 1. The molecular weight excluding hydrogens is 318 g/mol. The Morgan fingerprint density at radius 2 is 2.17 bits per heavy atom. The molecule has 4 nitrogen and oxygen atoms in total. The second kappa shape index (κ2) is 7.59. The van der Waals surface area contributed by atoms with E-state index in [9.17, 15) is 4.79 Å². The summed E-state index contributed by atoms with van der Waals surface area (Å²) in [4.78, 5) is 19.4. The highest BCUT2D eigenvalue weighted by Gasteiger charge is 2.29. The zero-order chi connectivity index (χ0) is 16.9. The third kappa shape index (κ3) is 3.82. The number of nitrogens with zero attached hydrogens (tertiary/aromatic N) is 3. The van der Waals surface area contributed by atoms with Crippen LogP contribution in [-0.2, 0) is 11.2 Å². The highest BCUT2D eigenvalue weighted by Crippen LogP contribution is 2.33. The van der Waals surface area contributed by atoms with Gasteiger partial charge in [0.2, 0.25) is 5.91 Å². The molecule has 0 aliphatic carbocycles. The average molecular weight is 339 g/mol. The van der Waals surface area contributed by atoms with Crippen LogP contribution in [-0.4, -0.2) is 22.3 Å². The molecule has 1 aromatic carbocycles. The van der Waals surface area contributed by atoms with E-state index in [0.717, 1.165) is 42.1 Å². The van der Waals surface area contributed by atoms with Crippen molar-refractivity contribution in [3.05, 3.63) is 51.5 Å². The summed E-state index contributed by atoms with van der Waals surface area (Å²) in [5.41, 5.74) is 2.78. The normalized spacial score (nSPS) is 17.5. The topological polar surface area (TPSA) is 57.0 Å². The van der Waals surface area contributed by atoms with E-state index < -0.39 is 0 Å². The minimum atomic E-state index is 0.144. The van der Waals surface area contributed by atoms with Crippen LogP contribution < -0.4 is 0 Å². The van der Waals surface area contributed by atoms with Gasteiger partial charge in [0.25, 0.3) is 0 Å². The SMILES string of the molecule is Cc1csc([C@@H]2CCCCN2C(=O)CCc2ccc(C#N)cc2)n1. The number of hydrogen-bond donors (Lipinski definition) is 0. The van der Waals surface area contributed by atoms with E-state index in [1.54, 1.807) is 11.3 Å². The maximum absolute atomic E-state index is 12.7. The Kier molecular flexibility index (Phi) is 5.27. The van der Waals surface area contributed by atoms with Gasteiger partial charge >= 0.3 is 0 Å². The van der Waals surface area contributed by atoms with E-state index in [1.807, 2.05) is 36.1 Å². The zero-order valence-corrected chi connectivity index (χ0v) is 14.7. The van der Waals surface area contributed by atoms with Crippen LogP contribution in [0.5, 0.6) is 0 Å². The summed E-state index contributed by atoms with van der Waals surface area (Å²) >= 11 is 1.66. The van der Waals surface area contributed by atoms with Crippen LogP contribution in [0, 0.1) is 18.3 Å². The zero-order valence-electron chi connectivity index (χ0n) is 13.9. The monoisotopic (exact) mass is 339 g/mol. The molecule has 0 bridgehead atoms. The van der Waals surface area contributed by atoms with Gasteiger partial charge in [0, 0.05) is 24.0 Å². The summed E-state index contributed by atoms with van der Waals surface area (Å²) in [5, 5.41) is 12.0. The Balaban J connectivity index is 1.64. The molecule has 1 fully saturated rings. The molecule has 1 aromatic heterocycles. The van der Waals surface area contributed by atoms with Crippen LogP contribution >= 0.6 is 11.3 Å². The fraction of sp³-hybridized carbons (Fsp3) is 0.421. The summed E-state index contributed by atoms with van der Waals surface area (Å²) in [5.74, 6) is 0.205. The second-order valence-electron chi connectivity index (χ2n) is 6.23. The van der Waals surface area contributed by atoms with Gasteiger partial charge in [0.05, 0.1) is 17.7 Å². The van der Waals surface area contributed by atoms with Crippen molar-refractivity contribution >= 4 is 17.2 Å². The number of rotatable bonds is 4. The lowest BCUT2D eigenvalue weighted by atomic mass is 10.0. The molecule has 3 rings (SSSR count). The van der Waals surface area contributed by atoms with E-state index in [2.05, 4.69) is 16.4 Å². The van der Waals surface area contributed by atoms with Crippen LogP contribution in [0.2, 0.25) is 0 Å². The fourth-order valence-corrected chi connectivity index (χ4v) is 4.10. The van der Waals surface area contributed by atoms with Crippen molar-refractivity contribution in [3.63, 3.8) is 0 Å². The summed E-state index contributed by atoms with van der Waals surface area (Å²) in [7, 11) is 0. The van der Waals surface area contributed by atoms with Gasteiger partial charge < -0.3 is 4.90 Å². The van der Waals surface area contributed by atoms with Crippen LogP contribution in [0.3, 0.4) is 0 Å². The second-order valence-corrected chi connectivity index (χ2v) is 7.12. The van der Waals surface area contributed by atoms with Crippen LogP contribution in [0.25, 0.3) is 0 Å². The Morgan fingerprint density at radius 1 is 1.38 bits per heavy atom. The number of nitriles is 1.